The van der Waals surface area contributed by atoms with Crippen molar-refractivity contribution in [1.29, 1.82) is 0 Å². The van der Waals surface area contributed by atoms with E-state index in [2.05, 4.69) is 46.0 Å². The summed E-state index contributed by atoms with van der Waals surface area (Å²) in [5, 5.41) is 6.87. The van der Waals surface area contributed by atoms with Crippen LogP contribution in [-0.4, -0.2) is 51.5 Å². The van der Waals surface area contributed by atoms with E-state index in [1.807, 2.05) is 7.05 Å². The standard InChI is InChI=1S/C18H27N3O2/c1-19-18(20-9-5-10-23-15-8-11-22-13-15)21-17-12-16(17)14-6-3-2-4-7-14/h2-4,6-7,15-17H,5,8-13H2,1H3,(H2,19,20,21). The van der Waals surface area contributed by atoms with Gasteiger partial charge >= 0.3 is 0 Å². The van der Waals surface area contributed by atoms with Gasteiger partial charge in [0.1, 0.15) is 0 Å². The normalized spacial score (nSPS) is 27.0. The van der Waals surface area contributed by atoms with E-state index in [9.17, 15) is 0 Å². The summed E-state index contributed by atoms with van der Waals surface area (Å²) in [5.74, 6) is 1.50. The molecule has 3 unspecified atom stereocenters. The quantitative estimate of drug-likeness (QED) is 0.458. The molecule has 1 aromatic rings. The molecule has 2 aliphatic rings. The van der Waals surface area contributed by atoms with Crippen molar-refractivity contribution >= 4 is 5.96 Å². The highest BCUT2D eigenvalue weighted by atomic mass is 16.5. The van der Waals surface area contributed by atoms with Crippen molar-refractivity contribution in [2.75, 3.05) is 33.4 Å². The van der Waals surface area contributed by atoms with E-state index in [-0.39, 0.29) is 0 Å². The van der Waals surface area contributed by atoms with E-state index in [4.69, 9.17) is 9.47 Å². The van der Waals surface area contributed by atoms with Crippen molar-refractivity contribution in [3.05, 3.63) is 35.9 Å². The van der Waals surface area contributed by atoms with E-state index in [0.717, 1.165) is 45.2 Å². The second kappa shape index (κ2) is 8.31. The maximum Gasteiger partial charge on any atom is 0.191 e. The number of hydrogen-bond donors (Lipinski definition) is 2. The molecule has 0 bridgehead atoms. The Kier molecular flexibility index (Phi) is 5.88. The fourth-order valence-corrected chi connectivity index (χ4v) is 2.97. The van der Waals surface area contributed by atoms with Crippen LogP contribution in [-0.2, 0) is 9.47 Å². The van der Waals surface area contributed by atoms with Crippen molar-refractivity contribution in [2.45, 2.75) is 37.3 Å². The zero-order chi connectivity index (χ0) is 15.9. The van der Waals surface area contributed by atoms with Gasteiger partial charge in [-0.05, 0) is 24.8 Å². The smallest absolute Gasteiger partial charge is 0.191 e. The van der Waals surface area contributed by atoms with Gasteiger partial charge in [0.05, 0.1) is 12.7 Å². The van der Waals surface area contributed by atoms with Crippen LogP contribution in [0.1, 0.15) is 30.7 Å². The van der Waals surface area contributed by atoms with Crippen LogP contribution in [0.15, 0.2) is 35.3 Å². The van der Waals surface area contributed by atoms with E-state index >= 15 is 0 Å². The largest absolute Gasteiger partial charge is 0.379 e. The lowest BCUT2D eigenvalue weighted by Crippen LogP contribution is -2.39. The maximum absolute atomic E-state index is 5.76. The van der Waals surface area contributed by atoms with Gasteiger partial charge in [-0.25, -0.2) is 0 Å². The molecule has 1 aliphatic heterocycles. The van der Waals surface area contributed by atoms with Crippen LogP contribution in [0.25, 0.3) is 0 Å². The van der Waals surface area contributed by atoms with Gasteiger partial charge in [0, 0.05) is 38.8 Å². The number of benzene rings is 1. The summed E-state index contributed by atoms with van der Waals surface area (Å²) in [6.07, 6.45) is 3.48. The van der Waals surface area contributed by atoms with Crippen LogP contribution in [0, 0.1) is 0 Å². The van der Waals surface area contributed by atoms with Gasteiger partial charge < -0.3 is 20.1 Å². The Morgan fingerprint density at radius 1 is 1.35 bits per heavy atom. The number of aliphatic imine (C=N–C) groups is 1. The fraction of sp³-hybridized carbons (Fsp3) is 0.611. The number of nitrogens with zero attached hydrogens (tertiary/aromatic N) is 1. The van der Waals surface area contributed by atoms with E-state index in [1.54, 1.807) is 0 Å². The first-order valence-electron chi connectivity index (χ1n) is 8.58. The first kappa shape index (κ1) is 16.3. The second-order valence-corrected chi connectivity index (χ2v) is 6.21. The van der Waals surface area contributed by atoms with Crippen LogP contribution in [0.4, 0.5) is 0 Å². The van der Waals surface area contributed by atoms with Crippen LogP contribution in [0.3, 0.4) is 0 Å². The minimum atomic E-state index is 0.297. The molecule has 5 heteroatoms. The molecule has 3 atom stereocenters. The van der Waals surface area contributed by atoms with Crippen molar-refractivity contribution in [3.63, 3.8) is 0 Å². The van der Waals surface area contributed by atoms with Crippen molar-refractivity contribution < 1.29 is 9.47 Å². The number of nitrogens with one attached hydrogen (secondary N) is 2. The Hall–Kier alpha value is -1.59. The lowest BCUT2D eigenvalue weighted by molar-refractivity contribution is 0.0420. The van der Waals surface area contributed by atoms with Gasteiger partial charge in [0.2, 0.25) is 0 Å². The maximum atomic E-state index is 5.76. The molecule has 1 saturated heterocycles. The van der Waals surface area contributed by atoms with Crippen molar-refractivity contribution in [2.24, 2.45) is 4.99 Å². The minimum absolute atomic E-state index is 0.297. The summed E-state index contributed by atoms with van der Waals surface area (Å²) >= 11 is 0. The second-order valence-electron chi connectivity index (χ2n) is 6.21. The summed E-state index contributed by atoms with van der Waals surface area (Å²) in [4.78, 5) is 4.31. The van der Waals surface area contributed by atoms with Crippen LogP contribution >= 0.6 is 0 Å². The Balaban J connectivity index is 1.30. The third-order valence-electron chi connectivity index (χ3n) is 4.42. The van der Waals surface area contributed by atoms with E-state index in [1.165, 1.54) is 12.0 Å². The summed E-state index contributed by atoms with van der Waals surface area (Å²) in [5.41, 5.74) is 1.41. The highest BCUT2D eigenvalue weighted by molar-refractivity contribution is 5.80. The predicted octanol–water partition coefficient (Wildman–Crippen LogP) is 1.90. The summed E-state index contributed by atoms with van der Waals surface area (Å²) in [6.45, 7) is 3.23. The Labute approximate surface area is 138 Å². The highest BCUT2D eigenvalue weighted by Crippen LogP contribution is 2.40. The zero-order valence-electron chi connectivity index (χ0n) is 13.8. The Morgan fingerprint density at radius 3 is 2.96 bits per heavy atom. The van der Waals surface area contributed by atoms with E-state index < -0.39 is 0 Å². The Bertz CT molecular complexity index is 500. The SMILES string of the molecule is CN=C(NCCCOC1CCOC1)NC1CC1c1ccccc1. The molecule has 0 spiro atoms. The molecule has 0 aromatic heterocycles. The first-order valence-corrected chi connectivity index (χ1v) is 8.58. The lowest BCUT2D eigenvalue weighted by Gasteiger charge is -2.13. The summed E-state index contributed by atoms with van der Waals surface area (Å²) < 4.78 is 11.1. The molecular formula is C18H27N3O2. The molecule has 5 nitrogen and oxygen atoms in total. The first-order chi connectivity index (χ1) is 11.4. The molecule has 0 amide bonds. The molecule has 1 heterocycles. The molecule has 3 rings (SSSR count). The molecule has 1 aromatic carbocycles. The molecule has 23 heavy (non-hydrogen) atoms. The van der Waals surface area contributed by atoms with Gasteiger partial charge in [-0.2, -0.15) is 0 Å². The van der Waals surface area contributed by atoms with Gasteiger partial charge in [0.25, 0.3) is 0 Å². The number of guanidine groups is 1. The average Bonchev–Trinajstić information content (AvgIpc) is 3.16. The van der Waals surface area contributed by atoms with Gasteiger partial charge in [0.15, 0.2) is 5.96 Å². The third-order valence-corrected chi connectivity index (χ3v) is 4.42. The molecule has 126 valence electrons. The lowest BCUT2D eigenvalue weighted by atomic mass is 10.1. The van der Waals surface area contributed by atoms with Gasteiger partial charge in [-0.1, -0.05) is 30.3 Å². The van der Waals surface area contributed by atoms with Crippen LogP contribution < -0.4 is 10.6 Å². The highest BCUT2D eigenvalue weighted by Gasteiger charge is 2.38. The van der Waals surface area contributed by atoms with Crippen molar-refractivity contribution in [3.8, 4) is 0 Å². The van der Waals surface area contributed by atoms with E-state index in [0.29, 0.717) is 18.1 Å². The predicted molar refractivity (Wildman–Crippen MR) is 91.9 cm³/mol. The Morgan fingerprint density at radius 2 is 2.22 bits per heavy atom. The molecule has 0 radical (unpaired) electrons. The number of ether oxygens (including phenoxy) is 2. The molecule has 2 N–H and O–H groups in total. The molecule has 1 saturated carbocycles. The monoisotopic (exact) mass is 317 g/mol. The molecule has 2 fully saturated rings. The fourth-order valence-electron chi connectivity index (χ4n) is 2.97. The minimum Gasteiger partial charge on any atom is -0.379 e. The number of rotatable bonds is 7. The van der Waals surface area contributed by atoms with Gasteiger partial charge in [-0.3, -0.25) is 4.99 Å². The number of hydrogen-bond acceptors (Lipinski definition) is 3. The molecular weight excluding hydrogens is 290 g/mol. The average molecular weight is 317 g/mol. The van der Waals surface area contributed by atoms with Crippen LogP contribution in [0.2, 0.25) is 0 Å². The topological polar surface area (TPSA) is 54.9 Å². The summed E-state index contributed by atoms with van der Waals surface area (Å²) in [6, 6.07) is 11.2. The summed E-state index contributed by atoms with van der Waals surface area (Å²) in [7, 11) is 1.82. The zero-order valence-corrected chi connectivity index (χ0v) is 13.8. The van der Waals surface area contributed by atoms with Crippen LogP contribution in [0.5, 0.6) is 0 Å². The molecule has 1 aliphatic carbocycles. The van der Waals surface area contributed by atoms with Crippen molar-refractivity contribution in [1.82, 2.24) is 10.6 Å². The third kappa shape index (κ3) is 4.94. The van der Waals surface area contributed by atoms with Gasteiger partial charge in [-0.15, -0.1) is 0 Å².